The van der Waals surface area contributed by atoms with Crippen molar-refractivity contribution in [3.8, 4) is 11.5 Å². The van der Waals surface area contributed by atoms with Crippen molar-refractivity contribution in [2.24, 2.45) is 5.10 Å². The van der Waals surface area contributed by atoms with E-state index in [1.54, 1.807) is 0 Å². The summed E-state index contributed by atoms with van der Waals surface area (Å²) in [4.78, 5) is 10.7. The second-order valence-electron chi connectivity index (χ2n) is 4.38. The van der Waals surface area contributed by atoms with Gasteiger partial charge in [-0.05, 0) is 18.3 Å². The minimum atomic E-state index is -0.501. The number of ether oxygens (including phenoxy) is 2. The highest BCUT2D eigenvalue weighted by atomic mass is 32.1. The molecule has 0 aliphatic carbocycles. The van der Waals surface area contributed by atoms with Gasteiger partial charge in [-0.2, -0.15) is 14.9 Å². The number of aromatic amines is 1. The lowest BCUT2D eigenvalue weighted by Gasteiger charge is -2.01. The number of fused-ring (bicyclic) bond motifs is 1. The third kappa shape index (κ3) is 2.44. The van der Waals surface area contributed by atoms with E-state index < -0.39 is 4.92 Å². The average molecular weight is 321 g/mol. The number of benzene rings is 1. The predicted molar refractivity (Wildman–Crippen MR) is 79.0 cm³/mol. The number of H-pyrrole nitrogens is 1. The number of rotatable bonds is 4. The van der Waals surface area contributed by atoms with Crippen molar-refractivity contribution in [1.29, 1.82) is 0 Å². The Kier molecular flexibility index (Phi) is 3.59. The van der Waals surface area contributed by atoms with Crippen LogP contribution in [0.1, 0.15) is 18.3 Å². The SMILES string of the molecule is CCc1n[nH]c(=S)n1/N=C\c1cc2c(cc1[N+](=O)[O-])OCO2. The van der Waals surface area contributed by atoms with Gasteiger partial charge in [0.25, 0.3) is 5.69 Å². The minimum Gasteiger partial charge on any atom is -0.454 e. The molecule has 0 unspecified atom stereocenters. The molecule has 1 N–H and O–H groups in total. The van der Waals surface area contributed by atoms with Gasteiger partial charge in [0.05, 0.1) is 22.8 Å². The maximum absolute atomic E-state index is 11.2. The third-order valence-electron chi connectivity index (χ3n) is 3.06. The van der Waals surface area contributed by atoms with Crippen LogP contribution in [0.4, 0.5) is 5.69 Å². The molecular formula is C12H11N5O4S. The zero-order valence-corrected chi connectivity index (χ0v) is 12.3. The molecule has 0 radical (unpaired) electrons. The number of hydrogen-bond acceptors (Lipinski definition) is 7. The molecule has 0 bridgehead atoms. The number of nitrogens with one attached hydrogen (secondary N) is 1. The van der Waals surface area contributed by atoms with Crippen molar-refractivity contribution >= 4 is 24.1 Å². The fraction of sp³-hybridized carbons (Fsp3) is 0.250. The lowest BCUT2D eigenvalue weighted by Crippen LogP contribution is -1.99. The lowest BCUT2D eigenvalue weighted by atomic mass is 10.1. The molecule has 10 heteroatoms. The molecular weight excluding hydrogens is 310 g/mol. The molecule has 9 nitrogen and oxygen atoms in total. The minimum absolute atomic E-state index is 0.0415. The lowest BCUT2D eigenvalue weighted by molar-refractivity contribution is -0.385. The van der Waals surface area contributed by atoms with Crippen molar-refractivity contribution in [2.75, 3.05) is 6.79 Å². The van der Waals surface area contributed by atoms with Crippen LogP contribution >= 0.6 is 12.2 Å². The number of nitro groups is 1. The monoisotopic (exact) mass is 321 g/mol. The Balaban J connectivity index is 2.04. The fourth-order valence-electron chi connectivity index (χ4n) is 2.00. The van der Waals surface area contributed by atoms with Gasteiger partial charge >= 0.3 is 0 Å². The normalized spacial score (nSPS) is 13.0. The summed E-state index contributed by atoms with van der Waals surface area (Å²) in [7, 11) is 0. The molecule has 2 heterocycles. The maximum Gasteiger partial charge on any atom is 0.282 e. The quantitative estimate of drug-likeness (QED) is 0.399. The molecule has 22 heavy (non-hydrogen) atoms. The van der Waals surface area contributed by atoms with Crippen LogP contribution in [0.2, 0.25) is 0 Å². The average Bonchev–Trinajstić information content (AvgIpc) is 3.09. The Bertz CT molecular complexity index is 825. The number of hydrogen-bond donors (Lipinski definition) is 1. The van der Waals surface area contributed by atoms with E-state index in [1.165, 1.54) is 23.0 Å². The number of aromatic nitrogens is 3. The van der Waals surface area contributed by atoms with Gasteiger partial charge in [0.2, 0.25) is 11.6 Å². The van der Waals surface area contributed by atoms with Crippen LogP contribution in [-0.4, -0.2) is 32.8 Å². The molecule has 1 aliphatic rings. The topological polar surface area (TPSA) is 108 Å². The van der Waals surface area contributed by atoms with Gasteiger partial charge in [0, 0.05) is 6.42 Å². The van der Waals surface area contributed by atoms with Crippen LogP contribution in [0.15, 0.2) is 17.2 Å². The second kappa shape index (κ2) is 5.56. The summed E-state index contributed by atoms with van der Waals surface area (Å²) in [6.45, 7) is 1.94. The van der Waals surface area contributed by atoms with Crippen LogP contribution in [0.25, 0.3) is 0 Å². The highest BCUT2D eigenvalue weighted by Gasteiger charge is 2.22. The van der Waals surface area contributed by atoms with Gasteiger partial charge in [0.15, 0.2) is 17.3 Å². The van der Waals surface area contributed by atoms with Crippen molar-refractivity contribution in [1.82, 2.24) is 14.9 Å². The molecule has 0 fully saturated rings. The smallest absolute Gasteiger partial charge is 0.282 e. The second-order valence-corrected chi connectivity index (χ2v) is 4.76. The summed E-state index contributed by atoms with van der Waals surface area (Å²) in [5, 5.41) is 22.0. The zero-order chi connectivity index (χ0) is 15.7. The maximum atomic E-state index is 11.2. The van der Waals surface area contributed by atoms with Gasteiger partial charge in [-0.25, -0.2) is 0 Å². The van der Waals surface area contributed by atoms with Crippen LogP contribution in [0.5, 0.6) is 11.5 Å². The van der Waals surface area contributed by atoms with Gasteiger partial charge in [-0.3, -0.25) is 15.2 Å². The fourth-order valence-corrected chi connectivity index (χ4v) is 2.20. The summed E-state index contributed by atoms with van der Waals surface area (Å²) >= 11 is 5.07. The van der Waals surface area contributed by atoms with E-state index in [0.717, 1.165) is 0 Å². The van der Waals surface area contributed by atoms with Crippen molar-refractivity contribution in [3.05, 3.63) is 38.4 Å². The molecule has 1 aliphatic heterocycles. The molecule has 1 aromatic carbocycles. The molecule has 2 aromatic rings. The van der Waals surface area contributed by atoms with Crippen molar-refractivity contribution < 1.29 is 14.4 Å². The summed E-state index contributed by atoms with van der Waals surface area (Å²) in [6, 6.07) is 2.83. The first-order chi connectivity index (χ1) is 10.6. The first kappa shape index (κ1) is 14.2. The number of nitrogens with zero attached hydrogens (tertiary/aromatic N) is 4. The van der Waals surface area contributed by atoms with Crippen LogP contribution in [0, 0.1) is 14.9 Å². The third-order valence-corrected chi connectivity index (χ3v) is 3.33. The summed E-state index contributed by atoms with van der Waals surface area (Å²) in [6.07, 6.45) is 1.97. The van der Waals surface area contributed by atoms with Gasteiger partial charge < -0.3 is 9.47 Å². The molecule has 0 saturated carbocycles. The Labute approximate surface area is 129 Å². The van der Waals surface area contributed by atoms with Gasteiger partial charge in [-0.1, -0.05) is 6.92 Å². The molecule has 1 aromatic heterocycles. The zero-order valence-electron chi connectivity index (χ0n) is 11.5. The molecule has 0 spiro atoms. The largest absolute Gasteiger partial charge is 0.454 e. The Hall–Kier alpha value is -2.75. The summed E-state index contributed by atoms with van der Waals surface area (Å²) < 4.78 is 12.1. The van der Waals surface area contributed by atoms with E-state index in [0.29, 0.717) is 34.1 Å². The van der Waals surface area contributed by atoms with E-state index in [4.69, 9.17) is 21.7 Å². The first-order valence-electron chi connectivity index (χ1n) is 6.39. The predicted octanol–water partition coefficient (Wildman–Crippen LogP) is 2.02. The molecule has 0 amide bonds. The summed E-state index contributed by atoms with van der Waals surface area (Å²) in [5.41, 5.74) is 0.167. The first-order valence-corrected chi connectivity index (χ1v) is 6.79. The van der Waals surface area contributed by atoms with Crippen LogP contribution in [-0.2, 0) is 6.42 Å². The Morgan fingerprint density at radius 2 is 2.27 bits per heavy atom. The van der Waals surface area contributed by atoms with E-state index >= 15 is 0 Å². The highest BCUT2D eigenvalue weighted by molar-refractivity contribution is 7.71. The van der Waals surface area contributed by atoms with Gasteiger partial charge in [0.1, 0.15) is 0 Å². The number of nitro benzene ring substituents is 1. The summed E-state index contributed by atoms with van der Waals surface area (Å²) in [5.74, 6) is 1.42. The van der Waals surface area contributed by atoms with Crippen LogP contribution < -0.4 is 9.47 Å². The van der Waals surface area contributed by atoms with Gasteiger partial charge in [-0.15, -0.1) is 0 Å². The van der Waals surface area contributed by atoms with E-state index in [9.17, 15) is 10.1 Å². The van der Waals surface area contributed by atoms with E-state index in [2.05, 4.69) is 15.3 Å². The van der Waals surface area contributed by atoms with E-state index in [-0.39, 0.29) is 12.5 Å². The molecule has 0 atom stereocenters. The Morgan fingerprint density at radius 3 is 2.95 bits per heavy atom. The molecule has 0 saturated heterocycles. The number of aryl methyl sites for hydroxylation is 1. The van der Waals surface area contributed by atoms with Crippen molar-refractivity contribution in [2.45, 2.75) is 13.3 Å². The highest BCUT2D eigenvalue weighted by Crippen LogP contribution is 2.37. The van der Waals surface area contributed by atoms with Crippen molar-refractivity contribution in [3.63, 3.8) is 0 Å². The Morgan fingerprint density at radius 1 is 1.55 bits per heavy atom. The molecule has 114 valence electrons. The van der Waals surface area contributed by atoms with Crippen LogP contribution in [0.3, 0.4) is 0 Å². The van der Waals surface area contributed by atoms with E-state index in [1.807, 2.05) is 6.92 Å². The standard InChI is InChI=1S/C12H11N5O4S/c1-2-11-14-15-12(22)16(11)13-5-7-3-9-10(21-6-20-9)4-8(7)17(18)19/h3-5H,2,6H2,1H3,(H,15,22)/b13-5-. The molecule has 3 rings (SSSR count).